The molecule has 4 aliphatic rings. The van der Waals surface area contributed by atoms with Crippen molar-refractivity contribution in [2.24, 2.45) is 16.7 Å². The summed E-state index contributed by atoms with van der Waals surface area (Å²) in [5, 5.41) is 14.3. The molecule has 3 aromatic rings. The topological polar surface area (TPSA) is 174 Å². The Balaban J connectivity index is 1.48. The summed E-state index contributed by atoms with van der Waals surface area (Å²) in [6, 6.07) is 18.1. The molecule has 2 aromatic carbocycles. The van der Waals surface area contributed by atoms with Crippen LogP contribution < -0.4 is 0 Å². The van der Waals surface area contributed by atoms with E-state index in [0.29, 0.717) is 16.5 Å². The first-order valence-corrected chi connectivity index (χ1v) is 18.8. The van der Waals surface area contributed by atoms with Crippen LogP contribution >= 0.6 is 0 Å². The van der Waals surface area contributed by atoms with Crippen molar-refractivity contribution in [3.63, 3.8) is 0 Å². The van der Waals surface area contributed by atoms with E-state index in [1.807, 2.05) is 54.6 Å². The van der Waals surface area contributed by atoms with Gasteiger partial charge < -0.3 is 33.5 Å². The summed E-state index contributed by atoms with van der Waals surface area (Å²) in [6.45, 7) is 10.1. The van der Waals surface area contributed by atoms with Crippen LogP contribution in [0.5, 0.6) is 0 Å². The van der Waals surface area contributed by atoms with Crippen LogP contribution in [0.25, 0.3) is 10.9 Å². The Morgan fingerprint density at radius 3 is 2.23 bits per heavy atom. The number of aliphatic hydroxyl groups is 1. The highest BCUT2D eigenvalue weighted by Crippen LogP contribution is 2.65. The minimum absolute atomic E-state index is 0.0524. The summed E-state index contributed by atoms with van der Waals surface area (Å²) in [6.07, 6.45) is -5.17. The number of para-hydroxylation sites is 1. The number of pyridine rings is 1. The molecule has 0 amide bonds. The van der Waals surface area contributed by atoms with E-state index in [1.54, 1.807) is 33.8 Å². The van der Waals surface area contributed by atoms with E-state index >= 15 is 4.79 Å². The number of benzene rings is 2. The van der Waals surface area contributed by atoms with Crippen LogP contribution in [0.15, 0.2) is 78.0 Å². The van der Waals surface area contributed by atoms with Gasteiger partial charge in [0.25, 0.3) is 0 Å². The lowest BCUT2D eigenvalue weighted by Gasteiger charge is -2.68. The molecule has 9 atom stereocenters. The molecule has 2 saturated carbocycles. The summed E-state index contributed by atoms with van der Waals surface area (Å²) in [7, 11) is 0. The maximum Gasteiger partial charge on any atom is 0.340 e. The van der Waals surface area contributed by atoms with E-state index in [2.05, 4.69) is 4.98 Å². The normalized spacial score (nSPS) is 33.1. The van der Waals surface area contributed by atoms with Gasteiger partial charge in [0.1, 0.15) is 23.9 Å². The lowest BCUT2D eigenvalue weighted by atomic mass is 9.44. The number of ketones is 1. The van der Waals surface area contributed by atoms with Gasteiger partial charge in [-0.15, -0.1) is 0 Å². The number of ether oxygens (including phenoxy) is 6. The van der Waals surface area contributed by atoms with Crippen molar-refractivity contribution in [2.75, 3.05) is 6.61 Å². The van der Waals surface area contributed by atoms with Crippen LogP contribution in [-0.2, 0) is 54.2 Å². The molecule has 3 fully saturated rings. The number of nitrogens with zero attached hydrogens (tertiary/aromatic N) is 1. The highest BCUT2D eigenvalue weighted by molar-refractivity contribution is 5.97. The standard InChI is InChI=1S/C43H47NO12/c1-23-31(53-24(2)45)19-43(50)38(51-21-27-13-9-8-10-14-27)36-41(7,37(48)35(54-25(3)46)34(23)40(43,5)6)32(18-33-42(36,22-52-33)56-26(4)47)55-39(49)29-17-28-15-11-12-16-30(28)44-20-29/h8-17,20,31-33,35-36,38,50H,18-19,21-22H2,1-7H3/t31-,32-,33+,35+,36-,38-,41+,42-,43+/m0/s1. The molecular weight excluding hydrogens is 722 g/mol. The third kappa shape index (κ3) is 6.20. The molecule has 13 nitrogen and oxygen atoms in total. The van der Waals surface area contributed by atoms with Crippen molar-refractivity contribution in [1.82, 2.24) is 4.98 Å². The molecule has 7 rings (SSSR count). The summed E-state index contributed by atoms with van der Waals surface area (Å²) < 4.78 is 37.4. The highest BCUT2D eigenvalue weighted by Gasteiger charge is 2.78. The number of carbonyl (C=O) groups is 5. The molecule has 3 aliphatic carbocycles. The summed E-state index contributed by atoms with van der Waals surface area (Å²) in [4.78, 5) is 73.1. The van der Waals surface area contributed by atoms with Crippen molar-refractivity contribution in [3.8, 4) is 0 Å². The second-order valence-corrected chi connectivity index (χ2v) is 16.2. The van der Waals surface area contributed by atoms with Crippen molar-refractivity contribution < 1.29 is 57.5 Å². The minimum Gasteiger partial charge on any atom is -0.458 e. The molecule has 2 heterocycles. The van der Waals surface area contributed by atoms with Gasteiger partial charge in [0.15, 0.2) is 17.5 Å². The Kier molecular flexibility index (Phi) is 9.95. The van der Waals surface area contributed by atoms with Gasteiger partial charge >= 0.3 is 23.9 Å². The summed E-state index contributed by atoms with van der Waals surface area (Å²) in [5.41, 5.74) is -4.68. The van der Waals surface area contributed by atoms with Crippen LogP contribution in [0.1, 0.15) is 77.2 Å². The largest absolute Gasteiger partial charge is 0.458 e. The zero-order chi connectivity index (χ0) is 40.4. The Bertz CT molecular complexity index is 2130. The monoisotopic (exact) mass is 769 g/mol. The van der Waals surface area contributed by atoms with Gasteiger partial charge in [0.05, 0.1) is 35.8 Å². The quantitative estimate of drug-likeness (QED) is 0.185. The van der Waals surface area contributed by atoms with Crippen molar-refractivity contribution in [1.29, 1.82) is 0 Å². The zero-order valence-corrected chi connectivity index (χ0v) is 32.5. The molecule has 1 aromatic heterocycles. The van der Waals surface area contributed by atoms with E-state index in [-0.39, 0.29) is 37.2 Å². The third-order valence-corrected chi connectivity index (χ3v) is 12.6. The van der Waals surface area contributed by atoms with E-state index in [0.717, 1.165) is 5.56 Å². The molecule has 0 radical (unpaired) electrons. The van der Waals surface area contributed by atoms with E-state index in [1.165, 1.54) is 27.0 Å². The average Bonchev–Trinajstić information content (AvgIpc) is 3.13. The Morgan fingerprint density at radius 1 is 0.911 bits per heavy atom. The Hall–Kier alpha value is -4.98. The number of fused-ring (bicyclic) bond motifs is 6. The summed E-state index contributed by atoms with van der Waals surface area (Å²) >= 11 is 0. The lowest BCUT2D eigenvalue weighted by Crippen LogP contribution is -2.82. The Morgan fingerprint density at radius 2 is 1.59 bits per heavy atom. The van der Waals surface area contributed by atoms with Crippen LogP contribution in [0.2, 0.25) is 0 Å². The molecule has 0 spiro atoms. The molecule has 296 valence electrons. The van der Waals surface area contributed by atoms with Gasteiger partial charge in [0, 0.05) is 56.5 Å². The molecule has 1 N–H and O–H groups in total. The predicted molar refractivity (Wildman–Crippen MR) is 199 cm³/mol. The van der Waals surface area contributed by atoms with Crippen LogP contribution in [-0.4, -0.2) is 88.1 Å². The van der Waals surface area contributed by atoms with Gasteiger partial charge in [0.2, 0.25) is 0 Å². The fourth-order valence-electron chi connectivity index (χ4n) is 9.82. The number of Topliss-reactive ketones (excluding diaryl/α,β-unsaturated/α-hetero) is 1. The fourth-order valence-corrected chi connectivity index (χ4v) is 9.82. The average molecular weight is 770 g/mol. The Labute approximate surface area is 324 Å². The lowest BCUT2D eigenvalue weighted by molar-refractivity contribution is -0.351. The van der Waals surface area contributed by atoms with Crippen LogP contribution in [0.4, 0.5) is 0 Å². The van der Waals surface area contributed by atoms with Crippen molar-refractivity contribution in [2.45, 2.75) is 110 Å². The van der Waals surface area contributed by atoms with Crippen LogP contribution in [0, 0.1) is 16.7 Å². The van der Waals surface area contributed by atoms with E-state index in [9.17, 15) is 24.3 Å². The summed E-state index contributed by atoms with van der Waals surface area (Å²) in [5.74, 6) is -4.83. The highest BCUT2D eigenvalue weighted by atomic mass is 16.6. The van der Waals surface area contributed by atoms with Crippen molar-refractivity contribution >= 4 is 40.6 Å². The van der Waals surface area contributed by atoms with Crippen LogP contribution in [0.3, 0.4) is 0 Å². The molecule has 2 bridgehead atoms. The maximum atomic E-state index is 15.8. The first kappa shape index (κ1) is 39.3. The van der Waals surface area contributed by atoms with Gasteiger partial charge in [-0.25, -0.2) is 4.79 Å². The molecule has 13 heteroatoms. The molecule has 1 aliphatic heterocycles. The predicted octanol–water partition coefficient (Wildman–Crippen LogP) is 5.00. The first-order valence-electron chi connectivity index (χ1n) is 18.8. The second kappa shape index (κ2) is 14.2. The van der Waals surface area contributed by atoms with Gasteiger partial charge in [-0.05, 0) is 42.7 Å². The second-order valence-electron chi connectivity index (χ2n) is 16.2. The number of rotatable bonds is 8. The van der Waals surface area contributed by atoms with Gasteiger partial charge in [-0.3, -0.25) is 24.2 Å². The number of hydrogen-bond acceptors (Lipinski definition) is 13. The zero-order valence-electron chi connectivity index (χ0n) is 32.5. The number of aromatic nitrogens is 1. The molecule has 56 heavy (non-hydrogen) atoms. The van der Waals surface area contributed by atoms with Gasteiger partial charge in [-0.1, -0.05) is 62.4 Å². The smallest absolute Gasteiger partial charge is 0.340 e. The number of esters is 4. The molecule has 1 saturated heterocycles. The van der Waals surface area contributed by atoms with E-state index in [4.69, 9.17) is 28.4 Å². The van der Waals surface area contributed by atoms with E-state index < -0.39 is 88.1 Å². The maximum absolute atomic E-state index is 15.8. The molecule has 0 unspecified atom stereocenters. The SMILES string of the molecule is CC(=O)O[C@H]1C(=O)[C@]2(C)[C@@H](OC(=O)c3cnc4ccccc4c3)C[C@H]3OC[C@@]3(OC(C)=O)[C@H]2[C@H](OCc2ccccc2)[C@]2(O)C[C@H](OC(C)=O)C(C)=C1C2(C)C. The number of carbonyl (C=O) groups excluding carboxylic acids is 5. The first-order chi connectivity index (χ1) is 26.4. The fraction of sp³-hybridized carbons (Fsp3) is 0.488. The number of hydrogen-bond donors (Lipinski definition) is 1. The minimum atomic E-state index is -2.01. The third-order valence-electron chi connectivity index (χ3n) is 12.6. The van der Waals surface area contributed by atoms with Gasteiger partial charge in [-0.2, -0.15) is 0 Å². The molecular formula is C43H47NO12. The van der Waals surface area contributed by atoms with Crippen molar-refractivity contribution in [3.05, 3.63) is 89.1 Å².